The summed E-state index contributed by atoms with van der Waals surface area (Å²) in [6.07, 6.45) is 3.63. The molecule has 2 rings (SSSR count). The van der Waals surface area contributed by atoms with Crippen molar-refractivity contribution in [3.05, 3.63) is 36.7 Å². The summed E-state index contributed by atoms with van der Waals surface area (Å²) in [6.45, 7) is 0.506. The van der Waals surface area contributed by atoms with Gasteiger partial charge in [0.2, 0.25) is 10.0 Å². The number of thioether (sulfide) groups is 1. The van der Waals surface area contributed by atoms with E-state index in [1.165, 1.54) is 12.1 Å². The van der Waals surface area contributed by atoms with Gasteiger partial charge in [0.25, 0.3) is 0 Å². The van der Waals surface area contributed by atoms with E-state index in [4.69, 9.17) is 9.88 Å². The van der Waals surface area contributed by atoms with E-state index >= 15 is 0 Å². The molecule has 0 saturated carbocycles. The average Bonchev–Trinajstić information content (AvgIpc) is 2.80. The fraction of sp³-hybridized carbons (Fsp3) is 0.250. The van der Waals surface area contributed by atoms with E-state index in [-0.39, 0.29) is 4.90 Å². The van der Waals surface area contributed by atoms with Crippen LogP contribution in [0.15, 0.2) is 46.7 Å². The highest BCUT2D eigenvalue weighted by molar-refractivity contribution is 7.99. The fourth-order valence-electron chi connectivity index (χ4n) is 1.51. The van der Waals surface area contributed by atoms with E-state index in [1.54, 1.807) is 30.1 Å². The third-order valence-corrected chi connectivity index (χ3v) is 4.46. The molecule has 6 nitrogen and oxygen atoms in total. The number of nitrogens with zero attached hydrogens (tertiary/aromatic N) is 2. The van der Waals surface area contributed by atoms with Crippen LogP contribution in [0.2, 0.25) is 0 Å². The monoisotopic (exact) mass is 313 g/mol. The van der Waals surface area contributed by atoms with Gasteiger partial charge in [-0.1, -0.05) is 11.8 Å². The van der Waals surface area contributed by atoms with Crippen molar-refractivity contribution >= 4 is 21.8 Å². The lowest BCUT2D eigenvalue weighted by Gasteiger charge is -2.06. The minimum absolute atomic E-state index is 0.0761. The second-order valence-electron chi connectivity index (χ2n) is 4.03. The van der Waals surface area contributed by atoms with Crippen LogP contribution in [0.1, 0.15) is 0 Å². The number of hydrogen-bond donors (Lipinski definition) is 1. The Morgan fingerprint density at radius 2 is 2.05 bits per heavy atom. The largest absolute Gasteiger partial charge is 0.493 e. The highest BCUT2D eigenvalue weighted by atomic mass is 32.2. The van der Waals surface area contributed by atoms with Gasteiger partial charge in [0.05, 0.1) is 11.5 Å². The van der Waals surface area contributed by atoms with E-state index in [1.807, 2.05) is 17.8 Å². The Labute approximate surface area is 122 Å². The predicted octanol–water partition coefficient (Wildman–Crippen LogP) is 1.24. The molecule has 0 unspecified atom stereocenters. The Morgan fingerprint density at radius 3 is 2.60 bits per heavy atom. The van der Waals surface area contributed by atoms with Gasteiger partial charge in [0, 0.05) is 25.2 Å². The highest BCUT2D eigenvalue weighted by Crippen LogP contribution is 2.17. The Bertz CT molecular complexity index is 666. The molecule has 0 radical (unpaired) electrons. The molecule has 8 heteroatoms. The van der Waals surface area contributed by atoms with Crippen LogP contribution in [0.5, 0.6) is 5.75 Å². The van der Waals surface area contributed by atoms with Crippen LogP contribution >= 0.6 is 11.8 Å². The highest BCUT2D eigenvalue weighted by Gasteiger charge is 2.07. The van der Waals surface area contributed by atoms with E-state index in [0.29, 0.717) is 12.4 Å². The number of imidazole rings is 1. The molecule has 0 saturated heterocycles. The molecule has 20 heavy (non-hydrogen) atoms. The van der Waals surface area contributed by atoms with Crippen LogP contribution in [-0.4, -0.2) is 30.3 Å². The number of sulfonamides is 1. The summed E-state index contributed by atoms with van der Waals surface area (Å²) in [5.41, 5.74) is 0. The number of nitrogens with two attached hydrogens (primary N) is 1. The summed E-state index contributed by atoms with van der Waals surface area (Å²) >= 11 is 1.59. The van der Waals surface area contributed by atoms with Gasteiger partial charge in [0.1, 0.15) is 5.75 Å². The number of hydrogen-bond acceptors (Lipinski definition) is 5. The topological polar surface area (TPSA) is 87.2 Å². The maximum atomic E-state index is 11.1. The van der Waals surface area contributed by atoms with Gasteiger partial charge in [-0.25, -0.2) is 18.5 Å². The van der Waals surface area contributed by atoms with Gasteiger partial charge in [-0.15, -0.1) is 0 Å². The van der Waals surface area contributed by atoms with Crippen LogP contribution in [0.25, 0.3) is 0 Å². The van der Waals surface area contributed by atoms with Crippen LogP contribution in [0.3, 0.4) is 0 Å². The van der Waals surface area contributed by atoms with Gasteiger partial charge in [-0.05, 0) is 24.3 Å². The summed E-state index contributed by atoms with van der Waals surface area (Å²) in [7, 11) is -1.72. The lowest BCUT2D eigenvalue weighted by Crippen LogP contribution is -2.11. The van der Waals surface area contributed by atoms with Crippen molar-refractivity contribution in [2.24, 2.45) is 12.2 Å². The predicted molar refractivity (Wildman–Crippen MR) is 77.2 cm³/mol. The second-order valence-corrected chi connectivity index (χ2v) is 6.66. The Balaban J connectivity index is 1.81. The summed E-state index contributed by atoms with van der Waals surface area (Å²) in [5.74, 6) is 1.36. The van der Waals surface area contributed by atoms with Crippen LogP contribution in [0.4, 0.5) is 0 Å². The molecule has 1 aromatic heterocycles. The number of aryl methyl sites for hydroxylation is 1. The van der Waals surface area contributed by atoms with Gasteiger partial charge in [0.15, 0.2) is 5.16 Å². The first-order valence-corrected chi connectivity index (χ1v) is 8.36. The molecule has 108 valence electrons. The zero-order valence-corrected chi connectivity index (χ0v) is 12.5. The van der Waals surface area contributed by atoms with Crippen molar-refractivity contribution in [1.82, 2.24) is 9.55 Å². The summed E-state index contributed by atoms with van der Waals surface area (Å²) < 4.78 is 29.6. The second kappa shape index (κ2) is 6.29. The van der Waals surface area contributed by atoms with Crippen molar-refractivity contribution < 1.29 is 13.2 Å². The number of ether oxygens (including phenoxy) is 1. The summed E-state index contributed by atoms with van der Waals surface area (Å²) in [5, 5.41) is 5.94. The van der Waals surface area contributed by atoms with Crippen molar-refractivity contribution in [3.8, 4) is 5.75 Å². The fourth-order valence-corrected chi connectivity index (χ4v) is 2.77. The number of rotatable bonds is 6. The zero-order valence-electron chi connectivity index (χ0n) is 10.9. The third kappa shape index (κ3) is 3.99. The van der Waals surface area contributed by atoms with Gasteiger partial charge >= 0.3 is 0 Å². The Hall–Kier alpha value is -1.51. The molecule has 0 bridgehead atoms. The third-order valence-electron chi connectivity index (χ3n) is 2.51. The molecule has 2 N–H and O–H groups in total. The number of primary sulfonamides is 1. The molecule has 2 aromatic rings. The van der Waals surface area contributed by atoms with Crippen molar-refractivity contribution in [2.75, 3.05) is 12.4 Å². The van der Waals surface area contributed by atoms with Gasteiger partial charge < -0.3 is 9.30 Å². The molecule has 0 aliphatic carbocycles. The average molecular weight is 313 g/mol. The van der Waals surface area contributed by atoms with Crippen molar-refractivity contribution in [2.45, 2.75) is 10.1 Å². The van der Waals surface area contributed by atoms with E-state index in [2.05, 4.69) is 4.98 Å². The number of benzene rings is 1. The lowest BCUT2D eigenvalue weighted by molar-refractivity contribution is 0.343. The molecular weight excluding hydrogens is 298 g/mol. The smallest absolute Gasteiger partial charge is 0.238 e. The molecular formula is C12H15N3O3S2. The van der Waals surface area contributed by atoms with Crippen molar-refractivity contribution in [3.63, 3.8) is 0 Å². The quantitative estimate of drug-likeness (QED) is 0.640. The molecule has 0 aliphatic rings. The minimum Gasteiger partial charge on any atom is -0.493 e. The van der Waals surface area contributed by atoms with E-state index < -0.39 is 10.0 Å². The molecule has 0 aliphatic heterocycles. The number of aromatic nitrogens is 2. The SMILES string of the molecule is Cn1ccnc1SCCOc1ccc(S(N)(=O)=O)cc1. The molecule has 1 heterocycles. The first-order valence-electron chi connectivity index (χ1n) is 5.82. The minimum atomic E-state index is -3.65. The maximum Gasteiger partial charge on any atom is 0.238 e. The van der Waals surface area contributed by atoms with Crippen molar-refractivity contribution in [1.29, 1.82) is 0 Å². The molecule has 0 atom stereocenters. The van der Waals surface area contributed by atoms with Gasteiger partial charge in [-0.2, -0.15) is 0 Å². The van der Waals surface area contributed by atoms with Crippen LogP contribution in [0, 0.1) is 0 Å². The molecule has 0 spiro atoms. The molecule has 0 amide bonds. The summed E-state index contributed by atoms with van der Waals surface area (Å²) in [4.78, 5) is 4.26. The zero-order chi connectivity index (χ0) is 14.6. The van der Waals surface area contributed by atoms with E-state index in [9.17, 15) is 8.42 Å². The first kappa shape index (κ1) is 14.9. The maximum absolute atomic E-state index is 11.1. The van der Waals surface area contributed by atoms with Crippen LogP contribution in [-0.2, 0) is 17.1 Å². The summed E-state index contributed by atoms with van der Waals surface area (Å²) in [6, 6.07) is 6.03. The molecule has 0 fully saturated rings. The van der Waals surface area contributed by atoms with Gasteiger partial charge in [-0.3, -0.25) is 0 Å². The standard InChI is InChI=1S/C12H15N3O3S2/c1-15-7-6-14-12(15)19-9-8-18-10-2-4-11(5-3-10)20(13,16)17/h2-7H,8-9H2,1H3,(H2,13,16,17). The first-order chi connectivity index (χ1) is 9.47. The van der Waals surface area contributed by atoms with E-state index in [0.717, 1.165) is 10.9 Å². The molecule has 1 aromatic carbocycles. The van der Waals surface area contributed by atoms with Crippen LogP contribution < -0.4 is 9.88 Å². The Kier molecular flexibility index (Phi) is 4.69. The normalized spacial score (nSPS) is 11.5. The lowest BCUT2D eigenvalue weighted by atomic mass is 10.3. The Morgan fingerprint density at radius 1 is 1.35 bits per heavy atom.